The highest BCUT2D eigenvalue weighted by atomic mass is 35.5. The molecule has 118 valence electrons. The second kappa shape index (κ2) is 9.60. The molecule has 0 aliphatic carbocycles. The average molecular weight is 314 g/mol. The minimum absolute atomic E-state index is 0.0653. The maximum atomic E-state index is 11.9. The van der Waals surface area contributed by atoms with Crippen LogP contribution in [0.3, 0.4) is 0 Å². The van der Waals surface area contributed by atoms with Crippen molar-refractivity contribution in [3.63, 3.8) is 0 Å². The molecule has 0 atom stereocenters. The number of nitrogens with zero attached hydrogens (tertiary/aromatic N) is 1. The summed E-state index contributed by atoms with van der Waals surface area (Å²) >= 11 is 5.81. The van der Waals surface area contributed by atoms with Crippen LogP contribution in [0.25, 0.3) is 0 Å². The van der Waals surface area contributed by atoms with E-state index >= 15 is 0 Å². The molecule has 0 heterocycles. The molecular weight excluding hydrogens is 290 g/mol. The molecule has 0 unspecified atom stereocenters. The zero-order valence-corrected chi connectivity index (χ0v) is 13.2. The van der Waals surface area contributed by atoms with Crippen LogP contribution in [-0.2, 0) is 4.79 Å². The topological polar surface area (TPSA) is 78.6 Å². The van der Waals surface area contributed by atoms with E-state index < -0.39 is 0 Å². The molecule has 0 bridgehead atoms. The number of carbonyl (C=O) groups excluding carboxylic acids is 1. The molecule has 1 aromatic rings. The van der Waals surface area contributed by atoms with Gasteiger partial charge in [-0.25, -0.2) is 0 Å². The van der Waals surface area contributed by atoms with E-state index in [9.17, 15) is 4.79 Å². The monoisotopic (exact) mass is 313 g/mol. The molecule has 0 radical (unpaired) electrons. The second-order valence-corrected chi connectivity index (χ2v) is 5.38. The van der Waals surface area contributed by atoms with Gasteiger partial charge < -0.3 is 21.1 Å². The standard InChI is InChI=1S/C15H24ClN3O2/c1-2-7-19(9-10-20)8-3-4-15(21)18-14-6-5-12(16)11-13(14)17/h5-6,11,20H,2-4,7-10,17H2,1H3,(H,18,21). The van der Waals surface area contributed by atoms with E-state index in [1.165, 1.54) is 0 Å². The number of aliphatic hydroxyl groups excluding tert-OH is 1. The Hall–Kier alpha value is -1.30. The quantitative estimate of drug-likeness (QED) is 0.611. The van der Waals surface area contributed by atoms with Gasteiger partial charge in [-0.3, -0.25) is 4.79 Å². The summed E-state index contributed by atoms with van der Waals surface area (Å²) in [5, 5.41) is 12.3. The van der Waals surface area contributed by atoms with E-state index in [1.807, 2.05) is 0 Å². The molecule has 0 spiro atoms. The SMILES string of the molecule is CCCN(CCO)CCCC(=O)Nc1ccc(Cl)cc1N. The third-order valence-electron chi connectivity index (χ3n) is 3.12. The van der Waals surface area contributed by atoms with Gasteiger partial charge in [0.2, 0.25) is 5.91 Å². The molecule has 21 heavy (non-hydrogen) atoms. The van der Waals surface area contributed by atoms with Crippen LogP contribution in [0, 0.1) is 0 Å². The maximum Gasteiger partial charge on any atom is 0.224 e. The summed E-state index contributed by atoms with van der Waals surface area (Å²) in [6.07, 6.45) is 2.21. The van der Waals surface area contributed by atoms with Gasteiger partial charge in [-0.1, -0.05) is 18.5 Å². The van der Waals surface area contributed by atoms with Gasteiger partial charge in [0.1, 0.15) is 0 Å². The third-order valence-corrected chi connectivity index (χ3v) is 3.36. The lowest BCUT2D eigenvalue weighted by molar-refractivity contribution is -0.116. The molecule has 1 aromatic carbocycles. The first kappa shape index (κ1) is 17.8. The van der Waals surface area contributed by atoms with Crippen LogP contribution >= 0.6 is 11.6 Å². The molecule has 0 saturated carbocycles. The van der Waals surface area contributed by atoms with E-state index in [0.717, 1.165) is 25.9 Å². The number of aliphatic hydroxyl groups is 1. The predicted molar refractivity (Wildman–Crippen MR) is 87.5 cm³/mol. The number of rotatable bonds is 9. The Bertz CT molecular complexity index is 449. The number of nitrogen functional groups attached to an aromatic ring is 1. The molecule has 0 fully saturated rings. The van der Waals surface area contributed by atoms with E-state index in [0.29, 0.717) is 29.4 Å². The molecule has 0 aliphatic heterocycles. The van der Waals surface area contributed by atoms with Gasteiger partial charge in [-0.15, -0.1) is 0 Å². The molecule has 4 N–H and O–H groups in total. The van der Waals surface area contributed by atoms with Gasteiger partial charge in [-0.2, -0.15) is 0 Å². The number of nitrogens with one attached hydrogen (secondary N) is 1. The number of hydrogen-bond acceptors (Lipinski definition) is 4. The first-order chi connectivity index (χ1) is 10.1. The largest absolute Gasteiger partial charge is 0.397 e. The summed E-state index contributed by atoms with van der Waals surface area (Å²) in [6.45, 7) is 4.64. The van der Waals surface area contributed by atoms with Crippen molar-refractivity contribution in [3.05, 3.63) is 23.2 Å². The number of halogens is 1. The van der Waals surface area contributed by atoms with Gasteiger partial charge in [-0.05, 0) is 44.1 Å². The number of nitrogens with two attached hydrogens (primary N) is 1. The summed E-state index contributed by atoms with van der Waals surface area (Å²) in [6, 6.07) is 5.00. The Morgan fingerprint density at radius 2 is 2.14 bits per heavy atom. The number of carbonyl (C=O) groups is 1. The van der Waals surface area contributed by atoms with Crippen molar-refractivity contribution in [3.8, 4) is 0 Å². The first-order valence-corrected chi connectivity index (χ1v) is 7.62. The zero-order chi connectivity index (χ0) is 15.7. The fourth-order valence-electron chi connectivity index (χ4n) is 2.12. The molecule has 0 saturated heterocycles. The van der Waals surface area contributed by atoms with Crippen molar-refractivity contribution in [2.24, 2.45) is 0 Å². The summed E-state index contributed by atoms with van der Waals surface area (Å²) in [7, 11) is 0. The second-order valence-electron chi connectivity index (χ2n) is 4.95. The number of amides is 1. The van der Waals surface area contributed by atoms with E-state index in [-0.39, 0.29) is 12.5 Å². The average Bonchev–Trinajstić information content (AvgIpc) is 2.42. The molecule has 1 amide bonds. The van der Waals surface area contributed by atoms with E-state index in [1.54, 1.807) is 18.2 Å². The Kier molecular flexibility index (Phi) is 8.12. The minimum atomic E-state index is -0.0653. The summed E-state index contributed by atoms with van der Waals surface area (Å²) < 4.78 is 0. The van der Waals surface area contributed by atoms with Crippen LogP contribution in [0.2, 0.25) is 5.02 Å². The Morgan fingerprint density at radius 1 is 1.38 bits per heavy atom. The lowest BCUT2D eigenvalue weighted by atomic mass is 10.2. The van der Waals surface area contributed by atoms with Crippen LogP contribution in [0.1, 0.15) is 26.2 Å². The highest BCUT2D eigenvalue weighted by Crippen LogP contribution is 2.22. The molecule has 0 aromatic heterocycles. The predicted octanol–water partition coefficient (Wildman–Crippen LogP) is 2.35. The molecular formula is C15H24ClN3O2. The van der Waals surface area contributed by atoms with Crippen LogP contribution in [0.5, 0.6) is 0 Å². The minimum Gasteiger partial charge on any atom is -0.397 e. The first-order valence-electron chi connectivity index (χ1n) is 7.25. The van der Waals surface area contributed by atoms with Crippen molar-refractivity contribution in [2.45, 2.75) is 26.2 Å². The van der Waals surface area contributed by atoms with Gasteiger partial charge in [0, 0.05) is 18.0 Å². The maximum absolute atomic E-state index is 11.9. The van der Waals surface area contributed by atoms with Crippen LogP contribution in [-0.4, -0.2) is 42.2 Å². The fraction of sp³-hybridized carbons (Fsp3) is 0.533. The van der Waals surface area contributed by atoms with Crippen molar-refractivity contribution < 1.29 is 9.90 Å². The Labute approximate surface area is 131 Å². The molecule has 1 rings (SSSR count). The summed E-state index contributed by atoms with van der Waals surface area (Å²) in [5.74, 6) is -0.0653. The molecule has 0 aliphatic rings. The normalized spacial score (nSPS) is 10.9. The lowest BCUT2D eigenvalue weighted by Gasteiger charge is -2.20. The number of hydrogen-bond donors (Lipinski definition) is 3. The zero-order valence-electron chi connectivity index (χ0n) is 12.4. The van der Waals surface area contributed by atoms with Gasteiger partial charge in [0.25, 0.3) is 0 Å². The smallest absolute Gasteiger partial charge is 0.224 e. The fourth-order valence-corrected chi connectivity index (χ4v) is 2.30. The van der Waals surface area contributed by atoms with Crippen molar-refractivity contribution in [1.29, 1.82) is 0 Å². The third kappa shape index (κ3) is 6.80. The van der Waals surface area contributed by atoms with Gasteiger partial charge in [0.05, 0.1) is 18.0 Å². The molecule has 5 nitrogen and oxygen atoms in total. The number of benzene rings is 1. The summed E-state index contributed by atoms with van der Waals surface area (Å²) in [5.41, 5.74) is 6.84. The van der Waals surface area contributed by atoms with Crippen LogP contribution < -0.4 is 11.1 Å². The lowest BCUT2D eigenvalue weighted by Crippen LogP contribution is -2.29. The highest BCUT2D eigenvalue weighted by molar-refractivity contribution is 6.31. The Balaban J connectivity index is 2.36. The van der Waals surface area contributed by atoms with E-state index in [2.05, 4.69) is 17.1 Å². The highest BCUT2D eigenvalue weighted by Gasteiger charge is 2.08. The van der Waals surface area contributed by atoms with Gasteiger partial charge in [0.15, 0.2) is 0 Å². The molecule has 6 heteroatoms. The van der Waals surface area contributed by atoms with E-state index in [4.69, 9.17) is 22.4 Å². The Morgan fingerprint density at radius 3 is 2.76 bits per heavy atom. The summed E-state index contributed by atoms with van der Waals surface area (Å²) in [4.78, 5) is 14.0. The van der Waals surface area contributed by atoms with Gasteiger partial charge >= 0.3 is 0 Å². The van der Waals surface area contributed by atoms with Crippen molar-refractivity contribution in [1.82, 2.24) is 4.90 Å². The van der Waals surface area contributed by atoms with Crippen LogP contribution in [0.15, 0.2) is 18.2 Å². The van der Waals surface area contributed by atoms with Crippen molar-refractivity contribution in [2.75, 3.05) is 37.3 Å². The van der Waals surface area contributed by atoms with Crippen LogP contribution in [0.4, 0.5) is 11.4 Å². The number of anilines is 2. The van der Waals surface area contributed by atoms with Crippen molar-refractivity contribution >= 4 is 28.9 Å².